The number of halogens is 2. The van der Waals surface area contributed by atoms with Gasteiger partial charge in [0.25, 0.3) is 5.92 Å². The quantitative estimate of drug-likeness (QED) is 0.836. The molecule has 2 nitrogen and oxygen atoms in total. The number of hydrogen-bond acceptors (Lipinski definition) is 2. The van der Waals surface area contributed by atoms with Crippen LogP contribution in [0.1, 0.15) is 18.1 Å². The highest BCUT2D eigenvalue weighted by Gasteiger charge is 2.30. The van der Waals surface area contributed by atoms with Crippen LogP contribution >= 0.6 is 0 Å². The Kier molecular flexibility index (Phi) is 3.63. The Bertz CT molecular complexity index is 334. The fourth-order valence-corrected chi connectivity index (χ4v) is 1.61. The molecule has 0 saturated heterocycles. The molecule has 0 saturated carbocycles. The summed E-state index contributed by atoms with van der Waals surface area (Å²) in [5.41, 5.74) is 5.87. The van der Waals surface area contributed by atoms with E-state index in [9.17, 15) is 8.78 Å². The molecule has 0 heterocycles. The van der Waals surface area contributed by atoms with Gasteiger partial charge in [-0.15, -0.1) is 0 Å². The van der Waals surface area contributed by atoms with E-state index in [1.807, 2.05) is 0 Å². The number of benzene rings is 1. The zero-order valence-corrected chi connectivity index (χ0v) is 8.89. The lowest BCUT2D eigenvalue weighted by molar-refractivity contribution is 0.0141. The lowest BCUT2D eigenvalue weighted by atomic mass is 9.99. The van der Waals surface area contributed by atoms with Crippen LogP contribution in [0.25, 0.3) is 0 Å². The van der Waals surface area contributed by atoms with Crippen molar-refractivity contribution in [2.24, 2.45) is 5.73 Å². The first-order valence-electron chi connectivity index (χ1n) is 4.75. The van der Waals surface area contributed by atoms with Crippen molar-refractivity contribution < 1.29 is 13.5 Å². The smallest absolute Gasteiger partial charge is 0.274 e. The first-order valence-corrected chi connectivity index (χ1v) is 4.75. The van der Waals surface area contributed by atoms with Crippen molar-refractivity contribution in [2.45, 2.75) is 19.3 Å². The summed E-state index contributed by atoms with van der Waals surface area (Å²) in [6.07, 6.45) is 0.427. The Balaban J connectivity index is 3.27. The molecule has 0 unspecified atom stereocenters. The zero-order chi connectivity index (χ0) is 11.5. The first kappa shape index (κ1) is 11.9. The largest absolute Gasteiger partial charge is 0.496 e. The van der Waals surface area contributed by atoms with Gasteiger partial charge in [0.05, 0.1) is 12.7 Å². The molecule has 0 spiro atoms. The van der Waals surface area contributed by atoms with Crippen LogP contribution in [0.2, 0.25) is 0 Å². The fourth-order valence-electron chi connectivity index (χ4n) is 1.61. The summed E-state index contributed by atoms with van der Waals surface area (Å²) in [6.45, 7) is 1.21. The third-order valence-corrected chi connectivity index (χ3v) is 2.19. The summed E-state index contributed by atoms with van der Waals surface area (Å²) >= 11 is 0. The van der Waals surface area contributed by atoms with Crippen molar-refractivity contribution in [3.8, 4) is 5.75 Å². The predicted octanol–water partition coefficient (Wildman–Crippen LogP) is 2.31. The van der Waals surface area contributed by atoms with Gasteiger partial charge < -0.3 is 10.5 Å². The number of ether oxygens (including phenoxy) is 1. The van der Waals surface area contributed by atoms with Gasteiger partial charge in [0.1, 0.15) is 5.75 Å². The second-order valence-electron chi connectivity index (χ2n) is 3.42. The third-order valence-electron chi connectivity index (χ3n) is 2.19. The Morgan fingerprint density at radius 1 is 1.40 bits per heavy atom. The molecule has 0 bridgehead atoms. The molecular formula is C11H15F2NO. The number of hydrogen-bond donors (Lipinski definition) is 1. The average Bonchev–Trinajstić information content (AvgIpc) is 2.16. The minimum absolute atomic E-state index is 0.0575. The standard InChI is InChI=1S/C11H15F2NO/c1-11(12,13)10-8(6-7-14)4-3-5-9(10)15-2/h3-5H,6-7,14H2,1-2H3. The van der Waals surface area contributed by atoms with Gasteiger partial charge in [0.2, 0.25) is 0 Å². The monoisotopic (exact) mass is 215 g/mol. The van der Waals surface area contributed by atoms with Crippen molar-refractivity contribution in [1.29, 1.82) is 0 Å². The molecule has 15 heavy (non-hydrogen) atoms. The van der Waals surface area contributed by atoms with E-state index in [0.29, 0.717) is 18.5 Å². The summed E-state index contributed by atoms with van der Waals surface area (Å²) in [6, 6.07) is 4.88. The number of methoxy groups -OCH3 is 1. The molecule has 1 aromatic carbocycles. The maximum absolute atomic E-state index is 13.4. The maximum atomic E-state index is 13.4. The Morgan fingerprint density at radius 2 is 2.07 bits per heavy atom. The number of rotatable bonds is 4. The van der Waals surface area contributed by atoms with Gasteiger partial charge in [-0.25, -0.2) is 8.78 Å². The summed E-state index contributed by atoms with van der Waals surface area (Å²) < 4.78 is 31.7. The molecule has 0 aliphatic heterocycles. The lowest BCUT2D eigenvalue weighted by Crippen LogP contribution is -2.15. The molecular weight excluding hydrogens is 200 g/mol. The Hall–Kier alpha value is -1.16. The molecule has 0 fully saturated rings. The minimum atomic E-state index is -2.91. The lowest BCUT2D eigenvalue weighted by Gasteiger charge is -2.18. The molecule has 0 aromatic heterocycles. The molecule has 0 aliphatic rings. The van der Waals surface area contributed by atoms with E-state index in [-0.39, 0.29) is 11.3 Å². The third kappa shape index (κ3) is 2.65. The SMILES string of the molecule is COc1cccc(CCN)c1C(C)(F)F. The van der Waals surface area contributed by atoms with Gasteiger partial charge in [-0.05, 0) is 24.6 Å². The minimum Gasteiger partial charge on any atom is -0.496 e. The van der Waals surface area contributed by atoms with Crippen LogP contribution in [0.5, 0.6) is 5.75 Å². The molecule has 2 N–H and O–H groups in total. The molecule has 0 aliphatic carbocycles. The van der Waals surface area contributed by atoms with E-state index in [1.54, 1.807) is 12.1 Å². The highest BCUT2D eigenvalue weighted by atomic mass is 19.3. The van der Waals surface area contributed by atoms with E-state index in [4.69, 9.17) is 10.5 Å². The molecule has 0 radical (unpaired) electrons. The summed E-state index contributed by atoms with van der Waals surface area (Å²) in [7, 11) is 1.39. The highest BCUT2D eigenvalue weighted by Crippen LogP contribution is 2.37. The molecule has 0 amide bonds. The molecule has 0 atom stereocenters. The van der Waals surface area contributed by atoms with Crippen LogP contribution in [-0.2, 0) is 12.3 Å². The Labute approximate surface area is 88.0 Å². The fraction of sp³-hybridized carbons (Fsp3) is 0.455. The number of alkyl halides is 2. The molecule has 84 valence electrons. The van der Waals surface area contributed by atoms with Gasteiger partial charge in [-0.2, -0.15) is 0 Å². The molecule has 1 rings (SSSR count). The van der Waals surface area contributed by atoms with Crippen molar-refractivity contribution in [1.82, 2.24) is 0 Å². The summed E-state index contributed by atoms with van der Waals surface area (Å²) in [4.78, 5) is 0. The highest BCUT2D eigenvalue weighted by molar-refractivity contribution is 5.43. The Morgan fingerprint density at radius 3 is 2.53 bits per heavy atom. The summed E-state index contributed by atoms with van der Waals surface area (Å²) in [5, 5.41) is 0. The average molecular weight is 215 g/mol. The van der Waals surface area contributed by atoms with E-state index >= 15 is 0 Å². The number of nitrogens with two attached hydrogens (primary N) is 1. The second kappa shape index (κ2) is 4.57. The maximum Gasteiger partial charge on any atom is 0.274 e. The van der Waals surface area contributed by atoms with Crippen molar-refractivity contribution >= 4 is 0 Å². The first-order chi connectivity index (χ1) is 7.00. The van der Waals surface area contributed by atoms with Crippen molar-refractivity contribution in [3.05, 3.63) is 29.3 Å². The van der Waals surface area contributed by atoms with E-state index in [0.717, 1.165) is 6.92 Å². The van der Waals surface area contributed by atoms with Crippen molar-refractivity contribution in [2.75, 3.05) is 13.7 Å². The summed E-state index contributed by atoms with van der Waals surface area (Å²) in [5.74, 6) is -2.69. The van der Waals surface area contributed by atoms with Gasteiger partial charge in [0.15, 0.2) is 0 Å². The van der Waals surface area contributed by atoms with Gasteiger partial charge >= 0.3 is 0 Å². The van der Waals surface area contributed by atoms with Crippen LogP contribution in [0.3, 0.4) is 0 Å². The van der Waals surface area contributed by atoms with Gasteiger partial charge in [-0.3, -0.25) is 0 Å². The van der Waals surface area contributed by atoms with Crippen LogP contribution in [0.4, 0.5) is 8.78 Å². The topological polar surface area (TPSA) is 35.2 Å². The van der Waals surface area contributed by atoms with Gasteiger partial charge in [0, 0.05) is 6.92 Å². The van der Waals surface area contributed by atoms with E-state index in [2.05, 4.69) is 0 Å². The zero-order valence-electron chi connectivity index (χ0n) is 8.89. The molecule has 4 heteroatoms. The van der Waals surface area contributed by atoms with Crippen molar-refractivity contribution in [3.63, 3.8) is 0 Å². The van der Waals surface area contributed by atoms with Crippen LogP contribution in [-0.4, -0.2) is 13.7 Å². The normalized spacial score (nSPS) is 11.5. The van der Waals surface area contributed by atoms with E-state index < -0.39 is 5.92 Å². The van der Waals surface area contributed by atoms with E-state index in [1.165, 1.54) is 13.2 Å². The van der Waals surface area contributed by atoms with Crippen LogP contribution in [0, 0.1) is 0 Å². The van der Waals surface area contributed by atoms with Crippen LogP contribution < -0.4 is 10.5 Å². The second-order valence-corrected chi connectivity index (χ2v) is 3.42. The van der Waals surface area contributed by atoms with Crippen LogP contribution in [0.15, 0.2) is 18.2 Å². The molecule has 1 aromatic rings. The predicted molar refractivity (Wildman–Crippen MR) is 55.3 cm³/mol. The van der Waals surface area contributed by atoms with Gasteiger partial charge in [-0.1, -0.05) is 12.1 Å².